The Morgan fingerprint density at radius 3 is 2.79 bits per heavy atom. The number of ether oxygens (including phenoxy) is 1. The summed E-state index contributed by atoms with van der Waals surface area (Å²) in [6, 6.07) is 12.2. The van der Waals surface area contributed by atoms with Crippen LogP contribution in [0.5, 0.6) is 11.5 Å². The Labute approximate surface area is 193 Å². The van der Waals surface area contributed by atoms with E-state index in [1.165, 1.54) is 0 Å². The number of hydrogen-bond donors (Lipinski definition) is 4. The molecule has 4 N–H and O–H groups in total. The Kier molecular flexibility index (Phi) is 4.57. The number of likely N-dealkylation sites (N-methyl/N-ethyl adjacent to an activating group) is 1. The molecule has 2 aliphatic heterocycles. The van der Waals surface area contributed by atoms with E-state index in [2.05, 4.69) is 17.3 Å². The van der Waals surface area contributed by atoms with Crippen molar-refractivity contribution in [3.63, 3.8) is 0 Å². The molecule has 0 radical (unpaired) electrons. The van der Waals surface area contributed by atoms with E-state index < -0.39 is 29.1 Å². The fourth-order valence-corrected chi connectivity index (χ4v) is 7.25. The predicted octanol–water partition coefficient (Wildman–Crippen LogP) is 1.83. The molecule has 174 valence electrons. The van der Waals surface area contributed by atoms with Crippen LogP contribution in [-0.4, -0.2) is 69.6 Å². The van der Waals surface area contributed by atoms with Gasteiger partial charge in [0.2, 0.25) is 0 Å². The van der Waals surface area contributed by atoms with Gasteiger partial charge in [-0.1, -0.05) is 36.4 Å². The van der Waals surface area contributed by atoms with Gasteiger partial charge in [-0.2, -0.15) is 0 Å². The van der Waals surface area contributed by atoms with Gasteiger partial charge in [0, 0.05) is 17.6 Å². The molecule has 2 fully saturated rings. The van der Waals surface area contributed by atoms with Gasteiger partial charge in [0.1, 0.15) is 12.1 Å². The van der Waals surface area contributed by atoms with Crippen molar-refractivity contribution in [2.75, 3.05) is 13.6 Å². The van der Waals surface area contributed by atoms with Crippen LogP contribution in [0.2, 0.25) is 0 Å². The largest absolute Gasteiger partial charge is 0.504 e. The SMILES string of the molecule is CN1CC[C@]23c4c5ccc(O)c4O[C@H]2[C@@H](NC(Cc2ccccc2)C(=O)O)CC[C@@]3(O)C1C5. The molecule has 2 aliphatic carbocycles. The monoisotopic (exact) mass is 450 g/mol. The molecule has 7 nitrogen and oxygen atoms in total. The van der Waals surface area contributed by atoms with Gasteiger partial charge >= 0.3 is 5.97 Å². The second kappa shape index (κ2) is 7.19. The van der Waals surface area contributed by atoms with Crippen LogP contribution >= 0.6 is 0 Å². The first kappa shape index (κ1) is 21.0. The Morgan fingerprint density at radius 1 is 1.24 bits per heavy atom. The van der Waals surface area contributed by atoms with Crippen molar-refractivity contribution >= 4 is 5.97 Å². The van der Waals surface area contributed by atoms with Crippen molar-refractivity contribution in [2.45, 2.75) is 67.3 Å². The molecule has 2 unspecified atom stereocenters. The van der Waals surface area contributed by atoms with Crippen LogP contribution in [0.15, 0.2) is 42.5 Å². The van der Waals surface area contributed by atoms with Crippen molar-refractivity contribution < 1.29 is 24.9 Å². The highest BCUT2D eigenvalue weighted by Gasteiger charge is 2.72. The number of nitrogens with one attached hydrogen (secondary N) is 1. The molecule has 6 atom stereocenters. The molecule has 0 aromatic heterocycles. The van der Waals surface area contributed by atoms with E-state index in [1.54, 1.807) is 6.07 Å². The lowest BCUT2D eigenvalue weighted by atomic mass is 9.48. The number of carboxylic acids is 1. The second-order valence-corrected chi connectivity index (χ2v) is 10.2. The Bertz CT molecular complexity index is 1110. The van der Waals surface area contributed by atoms with Crippen LogP contribution in [0.1, 0.15) is 36.0 Å². The van der Waals surface area contributed by atoms with Crippen LogP contribution in [0, 0.1) is 0 Å². The highest BCUT2D eigenvalue weighted by Crippen LogP contribution is 2.65. The Hall–Kier alpha value is -2.61. The number of benzene rings is 2. The van der Waals surface area contributed by atoms with Crippen molar-refractivity contribution in [1.29, 1.82) is 0 Å². The first-order chi connectivity index (χ1) is 15.8. The zero-order valence-corrected chi connectivity index (χ0v) is 18.7. The lowest BCUT2D eigenvalue weighted by Gasteiger charge is -2.63. The van der Waals surface area contributed by atoms with E-state index >= 15 is 0 Å². The zero-order chi connectivity index (χ0) is 23.0. The fraction of sp³-hybridized carbons (Fsp3) is 0.500. The number of phenols is 1. The fourth-order valence-electron chi connectivity index (χ4n) is 7.25. The van der Waals surface area contributed by atoms with E-state index in [9.17, 15) is 20.1 Å². The third-order valence-corrected chi connectivity index (χ3v) is 8.73. The number of likely N-dealkylation sites (tertiary alicyclic amines) is 1. The lowest BCUT2D eigenvalue weighted by molar-refractivity contribution is -0.187. The average molecular weight is 451 g/mol. The number of carboxylic acid groups (broad SMARTS) is 1. The second-order valence-electron chi connectivity index (χ2n) is 10.2. The number of carbonyl (C=O) groups is 1. The van der Waals surface area contributed by atoms with Crippen LogP contribution in [0.3, 0.4) is 0 Å². The smallest absolute Gasteiger partial charge is 0.321 e. The molecule has 7 heteroatoms. The molecule has 33 heavy (non-hydrogen) atoms. The number of piperidine rings is 1. The maximum Gasteiger partial charge on any atom is 0.321 e. The van der Waals surface area contributed by atoms with Gasteiger partial charge in [0.15, 0.2) is 11.5 Å². The minimum Gasteiger partial charge on any atom is -0.504 e. The quantitative estimate of drug-likeness (QED) is 0.551. The minimum absolute atomic E-state index is 0.0270. The molecule has 0 amide bonds. The number of aromatic hydroxyl groups is 1. The van der Waals surface area contributed by atoms with Gasteiger partial charge < -0.3 is 25.0 Å². The number of hydrogen-bond acceptors (Lipinski definition) is 6. The van der Waals surface area contributed by atoms with Gasteiger partial charge in [-0.25, -0.2) is 0 Å². The summed E-state index contributed by atoms with van der Waals surface area (Å²) in [5.74, 6) is -0.334. The summed E-state index contributed by atoms with van der Waals surface area (Å²) < 4.78 is 6.47. The van der Waals surface area contributed by atoms with Crippen LogP contribution < -0.4 is 10.1 Å². The van der Waals surface area contributed by atoms with E-state index in [0.29, 0.717) is 31.4 Å². The average Bonchev–Trinajstić information content (AvgIpc) is 3.16. The van der Waals surface area contributed by atoms with Gasteiger partial charge in [0.05, 0.1) is 11.0 Å². The summed E-state index contributed by atoms with van der Waals surface area (Å²) in [6.45, 7) is 0.820. The summed E-state index contributed by atoms with van der Waals surface area (Å²) in [5, 5.41) is 36.3. The molecule has 1 saturated heterocycles. The van der Waals surface area contributed by atoms with Gasteiger partial charge in [-0.3, -0.25) is 10.1 Å². The van der Waals surface area contributed by atoms with E-state index in [0.717, 1.165) is 29.7 Å². The molecule has 2 bridgehead atoms. The van der Waals surface area contributed by atoms with Crippen LogP contribution in [0.4, 0.5) is 0 Å². The number of aliphatic hydroxyl groups is 1. The molecule has 6 rings (SSSR count). The Morgan fingerprint density at radius 2 is 2.03 bits per heavy atom. The molecule has 2 heterocycles. The van der Waals surface area contributed by atoms with Crippen molar-refractivity contribution in [1.82, 2.24) is 10.2 Å². The molecule has 1 saturated carbocycles. The third kappa shape index (κ3) is 2.76. The van der Waals surface area contributed by atoms with E-state index in [4.69, 9.17) is 4.74 Å². The topological polar surface area (TPSA) is 102 Å². The first-order valence-corrected chi connectivity index (χ1v) is 11.8. The van der Waals surface area contributed by atoms with E-state index in [-0.39, 0.29) is 17.8 Å². The highest BCUT2D eigenvalue weighted by molar-refractivity contribution is 5.74. The van der Waals surface area contributed by atoms with Crippen LogP contribution in [-0.2, 0) is 23.1 Å². The molecular formula is C26H30N2O5. The van der Waals surface area contributed by atoms with E-state index in [1.807, 2.05) is 36.4 Å². The predicted molar refractivity (Wildman–Crippen MR) is 122 cm³/mol. The zero-order valence-electron chi connectivity index (χ0n) is 18.7. The van der Waals surface area contributed by atoms with Crippen molar-refractivity contribution in [3.05, 3.63) is 59.2 Å². The molecule has 2 aromatic carbocycles. The molecular weight excluding hydrogens is 420 g/mol. The van der Waals surface area contributed by atoms with Gasteiger partial charge in [0.25, 0.3) is 0 Å². The minimum atomic E-state index is -0.979. The first-order valence-electron chi connectivity index (χ1n) is 11.8. The number of phenolic OH excluding ortho intramolecular Hbond substituents is 1. The maximum atomic E-state index is 12.2. The van der Waals surface area contributed by atoms with Crippen LogP contribution in [0.25, 0.3) is 0 Å². The normalized spacial score (nSPS) is 34.9. The maximum absolute atomic E-state index is 12.2. The Balaban J connectivity index is 1.40. The van der Waals surface area contributed by atoms with Crippen molar-refractivity contribution in [3.8, 4) is 11.5 Å². The summed E-state index contributed by atoms with van der Waals surface area (Å²) in [6.07, 6.45) is 2.52. The lowest BCUT2D eigenvalue weighted by Crippen LogP contribution is -2.78. The number of rotatable bonds is 5. The summed E-state index contributed by atoms with van der Waals surface area (Å²) in [4.78, 5) is 14.4. The summed E-state index contributed by atoms with van der Waals surface area (Å²) >= 11 is 0. The summed E-state index contributed by atoms with van der Waals surface area (Å²) in [7, 11) is 2.07. The molecule has 2 aromatic rings. The number of nitrogens with zero attached hydrogens (tertiary/aromatic N) is 1. The molecule has 1 spiro atoms. The van der Waals surface area contributed by atoms with Crippen molar-refractivity contribution in [2.24, 2.45) is 0 Å². The standard InChI is InChI=1S/C26H30N2O5/c1-28-12-11-25-21-16-7-8-19(29)22(21)33-23(25)17(9-10-26(25,32)20(28)14-16)27-18(24(30)31)13-15-5-3-2-4-6-15/h2-8,17-18,20,23,27,29,32H,9-14H2,1H3,(H,30,31)/t17-,18?,20?,23-,25-,26+/m0/s1. The third-order valence-electron chi connectivity index (χ3n) is 8.73. The number of aliphatic carboxylic acids is 1. The van der Waals surface area contributed by atoms with Gasteiger partial charge in [-0.15, -0.1) is 0 Å². The molecule has 4 aliphatic rings. The van der Waals surface area contributed by atoms with Gasteiger partial charge in [-0.05, 0) is 62.9 Å². The summed E-state index contributed by atoms with van der Waals surface area (Å²) in [5.41, 5.74) is 1.38. The highest BCUT2D eigenvalue weighted by atomic mass is 16.5.